The Morgan fingerprint density at radius 2 is 1.94 bits per heavy atom. The highest BCUT2D eigenvalue weighted by atomic mass is 35.6. The van der Waals surface area contributed by atoms with Crippen molar-refractivity contribution in [3.05, 3.63) is 11.6 Å². The molecule has 0 radical (unpaired) electrons. The minimum Gasteiger partial charge on any atom is -0.219 e. The van der Waals surface area contributed by atoms with Crippen molar-refractivity contribution in [2.24, 2.45) is 0 Å². The number of hydrogen-bond donors (Lipinski definition) is 0. The molecule has 0 amide bonds. The third-order valence-electron chi connectivity index (χ3n) is 2.17. The summed E-state index contributed by atoms with van der Waals surface area (Å²) >= 11 is 16.6. The topological polar surface area (TPSA) is 30.7 Å². The predicted octanol–water partition coefficient (Wildman–Crippen LogP) is 3.82. The van der Waals surface area contributed by atoms with Gasteiger partial charge in [-0.25, -0.2) is 4.68 Å². The van der Waals surface area contributed by atoms with Gasteiger partial charge < -0.3 is 0 Å². The average molecular weight is 289 g/mol. The van der Waals surface area contributed by atoms with E-state index in [2.05, 4.69) is 17.2 Å². The van der Waals surface area contributed by atoms with Crippen LogP contribution < -0.4 is 0 Å². The highest BCUT2D eigenvalue weighted by Gasteiger charge is 2.32. The number of aryl methyl sites for hydroxylation is 1. The first-order valence-corrected chi connectivity index (χ1v) is 6.26. The molecule has 0 saturated carbocycles. The SMILES string of the molecule is CCCCCCn1nnc(C(Cl)(Cl)Cl)c1F. The maximum absolute atomic E-state index is 13.6. The summed E-state index contributed by atoms with van der Waals surface area (Å²) in [5.74, 6) is -0.670. The molecule has 3 nitrogen and oxygen atoms in total. The molecule has 0 aliphatic rings. The zero-order valence-corrected chi connectivity index (χ0v) is 11.2. The Labute approximate surface area is 109 Å². The highest BCUT2D eigenvalue weighted by Crippen LogP contribution is 2.37. The first-order chi connectivity index (χ1) is 7.46. The van der Waals surface area contributed by atoms with Crippen LogP contribution in [0.4, 0.5) is 4.39 Å². The van der Waals surface area contributed by atoms with Gasteiger partial charge >= 0.3 is 0 Å². The molecule has 1 rings (SSSR count). The molecule has 1 aromatic rings. The van der Waals surface area contributed by atoms with E-state index in [0.717, 1.165) is 30.4 Å². The van der Waals surface area contributed by atoms with Gasteiger partial charge in [-0.2, -0.15) is 4.39 Å². The van der Waals surface area contributed by atoms with Crippen molar-refractivity contribution in [1.82, 2.24) is 15.0 Å². The van der Waals surface area contributed by atoms with Crippen LogP contribution in [0, 0.1) is 5.95 Å². The van der Waals surface area contributed by atoms with Gasteiger partial charge in [0.15, 0.2) is 5.69 Å². The Morgan fingerprint density at radius 3 is 2.44 bits per heavy atom. The van der Waals surface area contributed by atoms with E-state index in [1.807, 2.05) is 0 Å². The van der Waals surface area contributed by atoms with Gasteiger partial charge in [-0.15, -0.1) is 5.10 Å². The van der Waals surface area contributed by atoms with Crippen molar-refractivity contribution >= 4 is 34.8 Å². The van der Waals surface area contributed by atoms with Crippen molar-refractivity contribution in [2.45, 2.75) is 42.9 Å². The van der Waals surface area contributed by atoms with Crippen LogP contribution in [0.3, 0.4) is 0 Å². The van der Waals surface area contributed by atoms with Gasteiger partial charge in [0.05, 0.1) is 0 Å². The summed E-state index contributed by atoms with van der Waals surface area (Å²) in [6.45, 7) is 2.57. The molecule has 0 aliphatic heterocycles. The summed E-state index contributed by atoms with van der Waals surface area (Å²) < 4.78 is 12.9. The van der Waals surface area contributed by atoms with Crippen LogP contribution in [0.25, 0.3) is 0 Å². The van der Waals surface area contributed by atoms with Crippen molar-refractivity contribution in [1.29, 1.82) is 0 Å². The van der Waals surface area contributed by atoms with E-state index in [9.17, 15) is 4.39 Å². The molecule has 16 heavy (non-hydrogen) atoms. The first kappa shape index (κ1) is 14.0. The zero-order valence-electron chi connectivity index (χ0n) is 8.89. The molecule has 1 aromatic heterocycles. The fraction of sp³-hybridized carbons (Fsp3) is 0.778. The lowest BCUT2D eigenvalue weighted by atomic mass is 10.2. The summed E-state index contributed by atoms with van der Waals surface area (Å²) in [6, 6.07) is 0. The summed E-state index contributed by atoms with van der Waals surface area (Å²) in [5, 5.41) is 7.15. The summed E-state index contributed by atoms with van der Waals surface area (Å²) in [7, 11) is 0. The van der Waals surface area contributed by atoms with E-state index >= 15 is 0 Å². The van der Waals surface area contributed by atoms with Gasteiger partial charge in [0.25, 0.3) is 0 Å². The molecule has 0 unspecified atom stereocenters. The van der Waals surface area contributed by atoms with Crippen LogP contribution in [-0.2, 0) is 10.3 Å². The third-order valence-corrected chi connectivity index (χ3v) is 2.70. The highest BCUT2D eigenvalue weighted by molar-refractivity contribution is 6.66. The quantitative estimate of drug-likeness (QED) is 0.609. The van der Waals surface area contributed by atoms with Crippen LogP contribution in [0.1, 0.15) is 38.3 Å². The Kier molecular flexibility index (Phi) is 5.28. The monoisotopic (exact) mass is 287 g/mol. The molecule has 0 N–H and O–H groups in total. The summed E-state index contributed by atoms with van der Waals surface area (Å²) in [4.78, 5) is 0. The third kappa shape index (κ3) is 3.75. The second kappa shape index (κ2) is 6.03. The molecule has 0 saturated heterocycles. The molecule has 7 heteroatoms. The molecule has 0 atom stereocenters. The normalized spacial score (nSPS) is 12.1. The molecule has 0 bridgehead atoms. The van der Waals surface area contributed by atoms with E-state index in [0.29, 0.717) is 6.54 Å². The van der Waals surface area contributed by atoms with E-state index in [-0.39, 0.29) is 5.69 Å². The number of alkyl halides is 3. The standard InChI is InChI=1S/C9H13Cl3FN3/c1-2-3-4-5-6-16-8(13)7(14-15-16)9(10,11)12/h2-6H2,1H3. The smallest absolute Gasteiger partial charge is 0.219 e. The van der Waals surface area contributed by atoms with Crippen molar-refractivity contribution in [3.8, 4) is 0 Å². The van der Waals surface area contributed by atoms with E-state index in [1.54, 1.807) is 0 Å². The van der Waals surface area contributed by atoms with Gasteiger partial charge in [-0.1, -0.05) is 66.2 Å². The minimum atomic E-state index is -1.86. The molecule has 0 aliphatic carbocycles. The summed E-state index contributed by atoms with van der Waals surface area (Å²) in [5.41, 5.74) is -0.243. The zero-order chi connectivity index (χ0) is 12.2. The van der Waals surface area contributed by atoms with Gasteiger partial charge in [0, 0.05) is 6.54 Å². The number of aromatic nitrogens is 3. The van der Waals surface area contributed by atoms with E-state index in [4.69, 9.17) is 34.8 Å². The molecular formula is C9H13Cl3FN3. The predicted molar refractivity (Wildman–Crippen MR) is 63.4 cm³/mol. The largest absolute Gasteiger partial charge is 0.239 e. The molecular weight excluding hydrogens is 275 g/mol. The van der Waals surface area contributed by atoms with Gasteiger partial charge in [0.2, 0.25) is 9.74 Å². The molecule has 0 spiro atoms. The van der Waals surface area contributed by atoms with Crippen LogP contribution in [0.2, 0.25) is 0 Å². The van der Waals surface area contributed by atoms with E-state index in [1.165, 1.54) is 0 Å². The number of unbranched alkanes of at least 4 members (excludes halogenated alkanes) is 3. The van der Waals surface area contributed by atoms with Crippen molar-refractivity contribution in [3.63, 3.8) is 0 Å². The molecule has 0 fully saturated rings. The van der Waals surface area contributed by atoms with Crippen molar-refractivity contribution < 1.29 is 4.39 Å². The fourth-order valence-corrected chi connectivity index (χ4v) is 1.65. The Hall–Kier alpha value is -0.0600. The Balaban J connectivity index is 2.59. The average Bonchev–Trinajstić information content (AvgIpc) is 2.54. The maximum atomic E-state index is 13.6. The number of rotatable bonds is 5. The van der Waals surface area contributed by atoms with Crippen LogP contribution in [-0.4, -0.2) is 15.0 Å². The number of nitrogens with zero attached hydrogens (tertiary/aromatic N) is 3. The van der Waals surface area contributed by atoms with Crippen molar-refractivity contribution in [2.75, 3.05) is 0 Å². The lowest BCUT2D eigenvalue weighted by Gasteiger charge is -2.06. The minimum absolute atomic E-state index is 0.243. The second-order valence-electron chi connectivity index (χ2n) is 3.51. The van der Waals surface area contributed by atoms with E-state index < -0.39 is 9.74 Å². The summed E-state index contributed by atoms with van der Waals surface area (Å²) in [6.07, 6.45) is 4.11. The van der Waals surface area contributed by atoms with Gasteiger partial charge in [0.1, 0.15) is 0 Å². The molecule has 92 valence electrons. The Bertz CT molecular complexity index is 335. The van der Waals surface area contributed by atoms with Gasteiger partial charge in [-0.3, -0.25) is 0 Å². The fourth-order valence-electron chi connectivity index (χ4n) is 1.31. The maximum Gasteiger partial charge on any atom is 0.239 e. The number of hydrogen-bond acceptors (Lipinski definition) is 2. The lowest BCUT2D eigenvalue weighted by molar-refractivity contribution is 0.429. The lowest BCUT2D eigenvalue weighted by Crippen LogP contribution is -2.07. The Morgan fingerprint density at radius 1 is 1.25 bits per heavy atom. The molecule has 1 heterocycles. The van der Waals surface area contributed by atoms with Gasteiger partial charge in [-0.05, 0) is 6.42 Å². The second-order valence-corrected chi connectivity index (χ2v) is 5.79. The van der Waals surface area contributed by atoms with Crippen LogP contribution in [0.5, 0.6) is 0 Å². The number of halogens is 4. The van der Waals surface area contributed by atoms with Crippen LogP contribution >= 0.6 is 34.8 Å². The first-order valence-electron chi connectivity index (χ1n) is 5.13. The molecule has 0 aromatic carbocycles. The van der Waals surface area contributed by atoms with Crippen LogP contribution in [0.15, 0.2) is 0 Å².